The Labute approximate surface area is 128 Å². The number of aromatic nitrogens is 1. The molecule has 2 heterocycles. The highest BCUT2D eigenvalue weighted by Crippen LogP contribution is 2.30. The Morgan fingerprint density at radius 1 is 1.32 bits per heavy atom. The Bertz CT molecular complexity index is 677. The normalized spacial score (nSPS) is 21.6. The summed E-state index contributed by atoms with van der Waals surface area (Å²) < 4.78 is 19.7. The van der Waals surface area contributed by atoms with E-state index >= 15 is 0 Å². The van der Waals surface area contributed by atoms with Crippen molar-refractivity contribution in [3.8, 4) is 0 Å². The topological polar surface area (TPSA) is 42.4 Å². The quantitative estimate of drug-likeness (QED) is 0.856. The largest absolute Gasteiger partial charge is 0.367 e. The van der Waals surface area contributed by atoms with Gasteiger partial charge in [0.05, 0.1) is 24.9 Å². The van der Waals surface area contributed by atoms with Crippen LogP contribution >= 0.6 is 0 Å². The lowest BCUT2D eigenvalue weighted by Crippen LogP contribution is -2.50. The highest BCUT2D eigenvalue weighted by Gasteiger charge is 2.36. The number of pyridine rings is 1. The summed E-state index contributed by atoms with van der Waals surface area (Å²) in [5.74, 6) is -0.925. The summed E-state index contributed by atoms with van der Waals surface area (Å²) in [6, 6.07) is 11.2. The molecule has 1 aromatic heterocycles. The molecule has 1 aliphatic rings. The lowest BCUT2D eigenvalue weighted by atomic mass is 9.93. The zero-order chi connectivity index (χ0) is 15.6. The molecule has 1 fully saturated rings. The molecule has 4 nitrogen and oxygen atoms in total. The maximum absolute atomic E-state index is 13.8. The molecule has 0 saturated carbocycles. The number of halogens is 1. The van der Waals surface area contributed by atoms with Crippen molar-refractivity contribution < 1.29 is 13.9 Å². The first-order valence-corrected chi connectivity index (χ1v) is 7.18. The summed E-state index contributed by atoms with van der Waals surface area (Å²) in [6.07, 6.45) is 2.48. The van der Waals surface area contributed by atoms with E-state index in [-0.39, 0.29) is 11.5 Å². The smallest absolute Gasteiger partial charge is 0.257 e. The number of benzene rings is 1. The third kappa shape index (κ3) is 2.72. The molecule has 2 aromatic rings. The maximum Gasteiger partial charge on any atom is 0.257 e. The Morgan fingerprint density at radius 2 is 2.09 bits per heavy atom. The van der Waals surface area contributed by atoms with Crippen LogP contribution in [0.5, 0.6) is 0 Å². The molecule has 1 aliphatic heterocycles. The van der Waals surface area contributed by atoms with Crippen LogP contribution in [0.15, 0.2) is 48.8 Å². The predicted molar refractivity (Wildman–Crippen MR) is 79.8 cm³/mol. The van der Waals surface area contributed by atoms with Gasteiger partial charge in [0, 0.05) is 12.7 Å². The van der Waals surface area contributed by atoms with Gasteiger partial charge in [-0.2, -0.15) is 0 Å². The van der Waals surface area contributed by atoms with E-state index in [1.807, 2.05) is 37.3 Å². The molecule has 114 valence electrons. The summed E-state index contributed by atoms with van der Waals surface area (Å²) in [6.45, 7) is 3.20. The molecule has 1 atom stereocenters. The first-order valence-electron chi connectivity index (χ1n) is 7.18. The van der Waals surface area contributed by atoms with Gasteiger partial charge in [0.15, 0.2) is 5.82 Å². The van der Waals surface area contributed by atoms with Crippen LogP contribution in [0.2, 0.25) is 0 Å². The molecule has 0 bridgehead atoms. The van der Waals surface area contributed by atoms with Crippen LogP contribution in [0, 0.1) is 5.82 Å². The van der Waals surface area contributed by atoms with Gasteiger partial charge in [0.25, 0.3) is 5.91 Å². The van der Waals surface area contributed by atoms with Gasteiger partial charge < -0.3 is 9.64 Å². The third-order valence-electron chi connectivity index (χ3n) is 3.95. The van der Waals surface area contributed by atoms with E-state index < -0.39 is 11.4 Å². The molecule has 0 N–H and O–H groups in total. The number of amides is 1. The molecule has 0 aliphatic carbocycles. The minimum absolute atomic E-state index is 0.0484. The van der Waals surface area contributed by atoms with Crippen LogP contribution in [-0.2, 0) is 10.3 Å². The van der Waals surface area contributed by atoms with Crippen molar-refractivity contribution in [2.75, 3.05) is 19.7 Å². The monoisotopic (exact) mass is 300 g/mol. The number of rotatable bonds is 2. The lowest BCUT2D eigenvalue weighted by molar-refractivity contribution is -0.0931. The van der Waals surface area contributed by atoms with Crippen molar-refractivity contribution in [2.24, 2.45) is 0 Å². The molecule has 0 spiro atoms. The van der Waals surface area contributed by atoms with Gasteiger partial charge in [-0.15, -0.1) is 0 Å². The Kier molecular flexibility index (Phi) is 3.90. The molecule has 5 heteroatoms. The first kappa shape index (κ1) is 14.7. The summed E-state index contributed by atoms with van der Waals surface area (Å²) >= 11 is 0. The van der Waals surface area contributed by atoms with Gasteiger partial charge in [-0.25, -0.2) is 4.39 Å². The standard InChI is InChI=1S/C17H17FN2O2/c1-17(13-5-3-2-4-6-13)12-20(9-10-22-17)16(21)14-7-8-19-11-15(14)18/h2-8,11H,9-10,12H2,1H3/t17-/m0/s1. The molecule has 1 aromatic carbocycles. The fourth-order valence-electron chi connectivity index (χ4n) is 2.73. The highest BCUT2D eigenvalue weighted by molar-refractivity contribution is 5.94. The van der Waals surface area contributed by atoms with Gasteiger partial charge >= 0.3 is 0 Å². The number of hydrogen-bond acceptors (Lipinski definition) is 3. The van der Waals surface area contributed by atoms with Crippen LogP contribution in [0.1, 0.15) is 22.8 Å². The van der Waals surface area contributed by atoms with Crippen molar-refractivity contribution in [1.82, 2.24) is 9.88 Å². The molecule has 0 radical (unpaired) electrons. The third-order valence-corrected chi connectivity index (χ3v) is 3.95. The minimum Gasteiger partial charge on any atom is -0.367 e. The summed E-state index contributed by atoms with van der Waals surface area (Å²) in [5.41, 5.74) is 0.466. The van der Waals surface area contributed by atoms with Crippen LogP contribution < -0.4 is 0 Å². The van der Waals surface area contributed by atoms with E-state index in [2.05, 4.69) is 4.98 Å². The van der Waals surface area contributed by atoms with Gasteiger partial charge in [0.1, 0.15) is 5.60 Å². The van der Waals surface area contributed by atoms with Crippen LogP contribution in [0.3, 0.4) is 0 Å². The number of nitrogens with zero attached hydrogens (tertiary/aromatic N) is 2. The van der Waals surface area contributed by atoms with E-state index in [9.17, 15) is 9.18 Å². The molecule has 1 saturated heterocycles. The minimum atomic E-state index is -0.597. The van der Waals surface area contributed by atoms with E-state index in [0.29, 0.717) is 19.7 Å². The summed E-state index contributed by atoms with van der Waals surface area (Å²) in [5, 5.41) is 0. The number of ether oxygens (including phenoxy) is 1. The van der Waals surface area contributed by atoms with Crippen molar-refractivity contribution >= 4 is 5.91 Å². The Hall–Kier alpha value is -2.27. The van der Waals surface area contributed by atoms with E-state index in [0.717, 1.165) is 11.8 Å². The average molecular weight is 300 g/mol. The Balaban J connectivity index is 1.85. The van der Waals surface area contributed by atoms with E-state index in [1.165, 1.54) is 12.3 Å². The molecule has 1 amide bonds. The first-order chi connectivity index (χ1) is 10.6. The summed E-state index contributed by atoms with van der Waals surface area (Å²) in [4.78, 5) is 17.9. The predicted octanol–water partition coefficient (Wildman–Crippen LogP) is 2.61. The second-order valence-corrected chi connectivity index (χ2v) is 5.53. The fraction of sp³-hybridized carbons (Fsp3) is 0.294. The van der Waals surface area contributed by atoms with Crippen molar-refractivity contribution in [3.63, 3.8) is 0 Å². The van der Waals surface area contributed by atoms with Gasteiger partial charge in [-0.05, 0) is 18.6 Å². The van der Waals surface area contributed by atoms with Crippen molar-refractivity contribution in [1.29, 1.82) is 0 Å². The fourth-order valence-corrected chi connectivity index (χ4v) is 2.73. The average Bonchev–Trinajstić information content (AvgIpc) is 2.56. The zero-order valence-corrected chi connectivity index (χ0v) is 12.3. The number of hydrogen-bond donors (Lipinski definition) is 0. The van der Waals surface area contributed by atoms with Gasteiger partial charge in [0.2, 0.25) is 0 Å². The highest BCUT2D eigenvalue weighted by atomic mass is 19.1. The second kappa shape index (κ2) is 5.85. The Morgan fingerprint density at radius 3 is 2.82 bits per heavy atom. The maximum atomic E-state index is 13.8. The molecule has 22 heavy (non-hydrogen) atoms. The van der Waals surface area contributed by atoms with Crippen LogP contribution in [0.25, 0.3) is 0 Å². The number of morpholine rings is 1. The molecular formula is C17H17FN2O2. The molecule has 3 rings (SSSR count). The summed E-state index contributed by atoms with van der Waals surface area (Å²) in [7, 11) is 0. The number of carbonyl (C=O) groups is 1. The van der Waals surface area contributed by atoms with Crippen molar-refractivity contribution in [3.05, 3.63) is 65.7 Å². The van der Waals surface area contributed by atoms with Crippen LogP contribution in [0.4, 0.5) is 4.39 Å². The lowest BCUT2D eigenvalue weighted by Gasteiger charge is -2.40. The van der Waals surface area contributed by atoms with Gasteiger partial charge in [-0.1, -0.05) is 30.3 Å². The van der Waals surface area contributed by atoms with Crippen molar-refractivity contribution in [2.45, 2.75) is 12.5 Å². The molecule has 0 unspecified atom stereocenters. The SMILES string of the molecule is C[C@@]1(c2ccccc2)CN(C(=O)c2ccncc2F)CCO1. The van der Waals surface area contributed by atoms with E-state index in [4.69, 9.17) is 4.74 Å². The zero-order valence-electron chi connectivity index (χ0n) is 12.3. The van der Waals surface area contributed by atoms with E-state index in [1.54, 1.807) is 4.90 Å². The van der Waals surface area contributed by atoms with Gasteiger partial charge in [-0.3, -0.25) is 9.78 Å². The second-order valence-electron chi connectivity index (χ2n) is 5.53. The van der Waals surface area contributed by atoms with Crippen LogP contribution in [-0.4, -0.2) is 35.5 Å². The molecular weight excluding hydrogens is 283 g/mol. The number of carbonyl (C=O) groups excluding carboxylic acids is 1.